The van der Waals surface area contributed by atoms with E-state index in [-0.39, 0.29) is 6.09 Å². The van der Waals surface area contributed by atoms with Crippen LogP contribution in [0.1, 0.15) is 44.6 Å². The maximum absolute atomic E-state index is 12.2. The SMILES string of the molecule is CCCCN1CCN2c3c(cccc31)C1CN(C(=O)OCC)CCC12. The second-order valence-electron chi connectivity index (χ2n) is 7.36. The molecule has 0 aromatic heterocycles. The predicted molar refractivity (Wildman–Crippen MR) is 101 cm³/mol. The fourth-order valence-corrected chi connectivity index (χ4v) is 4.79. The summed E-state index contributed by atoms with van der Waals surface area (Å²) in [4.78, 5) is 19.3. The van der Waals surface area contributed by atoms with Crippen LogP contribution in [0, 0.1) is 0 Å². The lowest BCUT2D eigenvalue weighted by Crippen LogP contribution is -2.51. The van der Waals surface area contributed by atoms with Crippen LogP contribution in [0.15, 0.2) is 18.2 Å². The van der Waals surface area contributed by atoms with E-state index < -0.39 is 0 Å². The lowest BCUT2D eigenvalue weighted by Gasteiger charge is -2.42. The lowest BCUT2D eigenvalue weighted by atomic mass is 9.89. The highest BCUT2D eigenvalue weighted by Crippen LogP contribution is 2.50. The van der Waals surface area contributed by atoms with Crippen molar-refractivity contribution in [1.82, 2.24) is 4.90 Å². The zero-order valence-electron chi connectivity index (χ0n) is 15.4. The van der Waals surface area contributed by atoms with E-state index in [0.29, 0.717) is 18.6 Å². The van der Waals surface area contributed by atoms with Gasteiger partial charge < -0.3 is 19.4 Å². The molecule has 136 valence electrons. The summed E-state index contributed by atoms with van der Waals surface area (Å²) in [5.74, 6) is 0.416. The van der Waals surface area contributed by atoms with Crippen LogP contribution in [-0.4, -0.2) is 56.4 Å². The molecule has 0 saturated carbocycles. The largest absolute Gasteiger partial charge is 0.450 e. The highest BCUT2D eigenvalue weighted by Gasteiger charge is 2.45. The zero-order chi connectivity index (χ0) is 17.4. The number of unbranched alkanes of at least 4 members (excludes halogenated alkanes) is 1. The highest BCUT2D eigenvalue weighted by molar-refractivity contribution is 5.81. The Labute approximate surface area is 150 Å². The van der Waals surface area contributed by atoms with E-state index in [2.05, 4.69) is 34.9 Å². The molecule has 1 amide bonds. The molecule has 4 rings (SSSR count). The third-order valence-electron chi connectivity index (χ3n) is 5.97. The molecule has 1 saturated heterocycles. The zero-order valence-corrected chi connectivity index (χ0v) is 15.4. The third-order valence-corrected chi connectivity index (χ3v) is 5.97. The Bertz CT molecular complexity index is 648. The Morgan fingerprint density at radius 2 is 2.12 bits per heavy atom. The smallest absolute Gasteiger partial charge is 0.409 e. The average molecular weight is 343 g/mol. The fourth-order valence-electron chi connectivity index (χ4n) is 4.79. The molecule has 0 spiro atoms. The number of hydrogen-bond donors (Lipinski definition) is 0. The van der Waals surface area contributed by atoms with Gasteiger partial charge in [-0.3, -0.25) is 0 Å². The molecule has 0 bridgehead atoms. The summed E-state index contributed by atoms with van der Waals surface area (Å²) < 4.78 is 5.23. The number of carbonyl (C=O) groups is 1. The minimum Gasteiger partial charge on any atom is -0.450 e. The Morgan fingerprint density at radius 1 is 1.24 bits per heavy atom. The van der Waals surface area contributed by atoms with Gasteiger partial charge in [-0.15, -0.1) is 0 Å². The lowest BCUT2D eigenvalue weighted by molar-refractivity contribution is 0.0934. The summed E-state index contributed by atoms with van der Waals surface area (Å²) in [5.41, 5.74) is 4.26. The summed E-state index contributed by atoms with van der Waals surface area (Å²) in [5, 5.41) is 0. The Morgan fingerprint density at radius 3 is 2.92 bits per heavy atom. The van der Waals surface area contributed by atoms with Crippen LogP contribution in [0.2, 0.25) is 0 Å². The summed E-state index contributed by atoms with van der Waals surface area (Å²) in [7, 11) is 0. The molecule has 0 N–H and O–H groups in total. The number of carbonyl (C=O) groups excluding carboxylic acids is 1. The van der Waals surface area contributed by atoms with Crippen LogP contribution in [0.3, 0.4) is 0 Å². The Hall–Kier alpha value is -1.91. The molecule has 3 aliphatic rings. The number of benzene rings is 1. The highest BCUT2D eigenvalue weighted by atomic mass is 16.6. The number of para-hydroxylation sites is 1. The van der Waals surface area contributed by atoms with Crippen molar-refractivity contribution in [2.45, 2.75) is 45.1 Å². The fraction of sp³-hybridized carbons (Fsp3) is 0.650. The summed E-state index contributed by atoms with van der Waals surface area (Å²) in [6.45, 7) is 9.52. The van der Waals surface area contributed by atoms with Crippen LogP contribution < -0.4 is 9.80 Å². The molecule has 3 heterocycles. The minimum absolute atomic E-state index is 0.156. The Kier molecular flexibility index (Phi) is 4.48. The third kappa shape index (κ3) is 2.74. The molecular formula is C20H29N3O2. The monoisotopic (exact) mass is 343 g/mol. The van der Waals surface area contributed by atoms with E-state index in [9.17, 15) is 4.79 Å². The minimum atomic E-state index is -0.156. The number of hydrogen-bond acceptors (Lipinski definition) is 4. The number of nitrogens with zero attached hydrogens (tertiary/aromatic N) is 3. The summed E-state index contributed by atoms with van der Waals surface area (Å²) >= 11 is 0. The normalized spacial score (nSPS) is 24.2. The van der Waals surface area contributed by atoms with Gasteiger partial charge in [-0.25, -0.2) is 4.79 Å². The Balaban J connectivity index is 1.61. The number of rotatable bonds is 4. The molecule has 3 aliphatic heterocycles. The molecule has 2 atom stereocenters. The van der Waals surface area contributed by atoms with Crippen molar-refractivity contribution in [3.8, 4) is 0 Å². The molecule has 25 heavy (non-hydrogen) atoms. The van der Waals surface area contributed by atoms with Gasteiger partial charge in [-0.2, -0.15) is 0 Å². The quantitative estimate of drug-likeness (QED) is 0.839. The van der Waals surface area contributed by atoms with E-state index in [1.54, 1.807) is 0 Å². The van der Waals surface area contributed by atoms with Crippen molar-refractivity contribution >= 4 is 17.5 Å². The molecule has 0 radical (unpaired) electrons. The van der Waals surface area contributed by atoms with Crippen molar-refractivity contribution in [2.24, 2.45) is 0 Å². The van der Waals surface area contributed by atoms with Crippen LogP contribution in [0.25, 0.3) is 0 Å². The summed E-state index contributed by atoms with van der Waals surface area (Å²) in [6.07, 6.45) is 3.35. The van der Waals surface area contributed by atoms with Crippen molar-refractivity contribution in [3.63, 3.8) is 0 Å². The van der Waals surface area contributed by atoms with Gasteiger partial charge in [0.2, 0.25) is 0 Å². The van der Waals surface area contributed by atoms with Gasteiger partial charge in [0.15, 0.2) is 0 Å². The standard InChI is InChI=1S/C20H29N3O2/c1-3-5-10-21-12-13-23-17-9-11-22(20(24)25-4-2)14-16(17)15-7-6-8-18(21)19(15)23/h6-8,16-17H,3-5,9-14H2,1-2H3. The molecule has 5 heteroatoms. The molecule has 0 aliphatic carbocycles. The molecule has 1 aromatic carbocycles. The van der Waals surface area contributed by atoms with Crippen LogP contribution in [0.4, 0.5) is 16.2 Å². The van der Waals surface area contributed by atoms with Gasteiger partial charge in [0, 0.05) is 44.7 Å². The van der Waals surface area contributed by atoms with Crippen LogP contribution in [-0.2, 0) is 4.74 Å². The number of amides is 1. The van der Waals surface area contributed by atoms with Gasteiger partial charge in [-0.1, -0.05) is 25.5 Å². The van der Waals surface area contributed by atoms with Gasteiger partial charge in [-0.05, 0) is 31.4 Å². The second kappa shape index (κ2) is 6.77. The van der Waals surface area contributed by atoms with Gasteiger partial charge in [0.05, 0.1) is 18.0 Å². The number of ether oxygens (including phenoxy) is 1. The van der Waals surface area contributed by atoms with Gasteiger partial charge in [0.25, 0.3) is 0 Å². The van der Waals surface area contributed by atoms with Gasteiger partial charge in [0.1, 0.15) is 0 Å². The van der Waals surface area contributed by atoms with Crippen molar-refractivity contribution in [3.05, 3.63) is 23.8 Å². The molecule has 2 unspecified atom stereocenters. The number of anilines is 2. The van der Waals surface area contributed by atoms with E-state index in [0.717, 1.165) is 39.1 Å². The molecule has 5 nitrogen and oxygen atoms in total. The first-order valence-electron chi connectivity index (χ1n) is 9.80. The van der Waals surface area contributed by atoms with E-state index >= 15 is 0 Å². The maximum atomic E-state index is 12.2. The predicted octanol–water partition coefficient (Wildman–Crippen LogP) is 3.44. The molecule has 1 fully saturated rings. The van der Waals surface area contributed by atoms with Crippen molar-refractivity contribution in [1.29, 1.82) is 0 Å². The maximum Gasteiger partial charge on any atom is 0.409 e. The topological polar surface area (TPSA) is 36.0 Å². The molecule has 1 aromatic rings. The first-order valence-corrected chi connectivity index (χ1v) is 9.80. The molecular weight excluding hydrogens is 314 g/mol. The van der Waals surface area contributed by atoms with E-state index in [4.69, 9.17) is 4.74 Å². The average Bonchev–Trinajstić information content (AvgIpc) is 2.96. The van der Waals surface area contributed by atoms with Crippen LogP contribution in [0.5, 0.6) is 0 Å². The van der Waals surface area contributed by atoms with Gasteiger partial charge >= 0.3 is 6.09 Å². The van der Waals surface area contributed by atoms with Crippen LogP contribution >= 0.6 is 0 Å². The number of piperidine rings is 1. The first kappa shape index (κ1) is 16.6. The summed E-state index contributed by atoms with van der Waals surface area (Å²) in [6, 6.07) is 7.29. The van der Waals surface area contributed by atoms with Crippen molar-refractivity contribution < 1.29 is 9.53 Å². The second-order valence-corrected chi connectivity index (χ2v) is 7.36. The van der Waals surface area contributed by atoms with Crippen molar-refractivity contribution in [2.75, 3.05) is 49.1 Å². The number of likely N-dealkylation sites (tertiary alicyclic amines) is 1. The van der Waals surface area contributed by atoms with E-state index in [1.165, 1.54) is 29.8 Å². The van der Waals surface area contributed by atoms with E-state index in [1.807, 2.05) is 11.8 Å². The number of fused-ring (bicyclic) bond motifs is 3. The first-order chi connectivity index (χ1) is 12.2.